The van der Waals surface area contributed by atoms with Crippen molar-refractivity contribution in [2.24, 2.45) is 0 Å². The number of hydrogen-bond donors (Lipinski definition) is 1. The predicted octanol–water partition coefficient (Wildman–Crippen LogP) is 3.79. The van der Waals surface area contributed by atoms with Crippen LogP contribution in [0.15, 0.2) is 52.3 Å². The van der Waals surface area contributed by atoms with Gasteiger partial charge in [0.2, 0.25) is 0 Å². The molecule has 0 aromatic heterocycles. The lowest BCUT2D eigenvalue weighted by Gasteiger charge is -2.08. The second-order valence-corrected chi connectivity index (χ2v) is 8.92. The quantitative estimate of drug-likeness (QED) is 0.566. The topological polar surface area (TPSA) is 63.2 Å². The van der Waals surface area contributed by atoms with E-state index < -0.39 is 15.7 Å². The molecule has 1 N–H and O–H groups in total. The van der Waals surface area contributed by atoms with E-state index in [-0.39, 0.29) is 21.3 Å². The van der Waals surface area contributed by atoms with Crippen molar-refractivity contribution >= 4 is 39.1 Å². The Balaban J connectivity index is 1.85. The summed E-state index contributed by atoms with van der Waals surface area (Å²) in [5.41, 5.74) is 0.135. The number of sulfone groups is 1. The van der Waals surface area contributed by atoms with Gasteiger partial charge in [0.15, 0.2) is 9.84 Å². The molecule has 0 unspecified atom stereocenters. The van der Waals surface area contributed by atoms with Crippen LogP contribution in [0.3, 0.4) is 0 Å². The van der Waals surface area contributed by atoms with Gasteiger partial charge in [-0.3, -0.25) is 4.79 Å². The fourth-order valence-corrected chi connectivity index (χ4v) is 3.70. The van der Waals surface area contributed by atoms with Gasteiger partial charge >= 0.3 is 0 Å². The van der Waals surface area contributed by atoms with E-state index in [9.17, 15) is 17.6 Å². The summed E-state index contributed by atoms with van der Waals surface area (Å²) in [5.74, 6) is 0.0651. The van der Waals surface area contributed by atoms with Gasteiger partial charge < -0.3 is 5.32 Å². The molecular weight excluding hydrogens is 385 g/mol. The molecule has 134 valence electrons. The highest BCUT2D eigenvalue weighted by Crippen LogP contribution is 2.21. The maximum absolute atomic E-state index is 12.8. The van der Waals surface area contributed by atoms with E-state index in [0.717, 1.165) is 16.9 Å². The summed E-state index contributed by atoms with van der Waals surface area (Å²) in [4.78, 5) is 13.2. The second kappa shape index (κ2) is 8.69. The Bertz CT molecular complexity index is 855. The van der Waals surface area contributed by atoms with Crippen LogP contribution < -0.4 is 5.32 Å². The van der Waals surface area contributed by atoms with Crippen molar-refractivity contribution in [1.82, 2.24) is 5.32 Å². The summed E-state index contributed by atoms with van der Waals surface area (Å²) >= 11 is 7.55. The first kappa shape index (κ1) is 19.8. The van der Waals surface area contributed by atoms with Crippen LogP contribution in [0.5, 0.6) is 0 Å². The zero-order valence-corrected chi connectivity index (χ0v) is 15.8. The first-order valence-electron chi connectivity index (χ1n) is 7.43. The fourth-order valence-electron chi connectivity index (χ4n) is 2.00. The van der Waals surface area contributed by atoms with E-state index >= 15 is 0 Å². The lowest BCUT2D eigenvalue weighted by atomic mass is 10.2. The van der Waals surface area contributed by atoms with Gasteiger partial charge in [0, 0.05) is 17.7 Å². The Labute approximate surface area is 155 Å². The average Bonchev–Trinajstić information content (AvgIpc) is 2.55. The Morgan fingerprint density at radius 2 is 1.88 bits per heavy atom. The smallest absolute Gasteiger partial charge is 0.252 e. The van der Waals surface area contributed by atoms with Crippen LogP contribution in [-0.4, -0.2) is 32.9 Å². The van der Waals surface area contributed by atoms with E-state index in [2.05, 4.69) is 5.32 Å². The largest absolute Gasteiger partial charge is 0.352 e. The van der Waals surface area contributed by atoms with Crippen LogP contribution in [-0.2, 0) is 9.84 Å². The van der Waals surface area contributed by atoms with Crippen molar-refractivity contribution in [3.8, 4) is 0 Å². The number of carbonyl (C=O) groups excluding carboxylic acids is 1. The highest BCUT2D eigenvalue weighted by molar-refractivity contribution is 7.99. The van der Waals surface area contributed by atoms with Gasteiger partial charge in [-0.25, -0.2) is 12.8 Å². The van der Waals surface area contributed by atoms with Crippen LogP contribution in [0.4, 0.5) is 4.39 Å². The molecule has 0 atom stereocenters. The van der Waals surface area contributed by atoms with E-state index in [1.165, 1.54) is 30.3 Å². The fraction of sp³-hybridized carbons (Fsp3) is 0.235. The molecule has 2 aromatic carbocycles. The van der Waals surface area contributed by atoms with Crippen LogP contribution in [0.1, 0.15) is 16.8 Å². The molecule has 2 aromatic rings. The number of rotatable bonds is 7. The Morgan fingerprint density at radius 3 is 2.52 bits per heavy atom. The number of amides is 1. The molecule has 4 nitrogen and oxygen atoms in total. The van der Waals surface area contributed by atoms with Crippen molar-refractivity contribution in [1.29, 1.82) is 0 Å². The third kappa shape index (κ3) is 6.02. The highest BCUT2D eigenvalue weighted by Gasteiger charge is 2.15. The summed E-state index contributed by atoms with van der Waals surface area (Å²) in [6, 6.07) is 10.3. The standard InChI is InChI=1S/C17H17ClFNO3S2/c1-25(22,23)14-7-8-16(18)15(11-14)17(21)20-9-2-10-24-13-5-3-12(19)4-6-13/h3-8,11H,2,9-10H2,1H3,(H,20,21). The van der Waals surface area contributed by atoms with Crippen molar-refractivity contribution in [2.75, 3.05) is 18.6 Å². The number of carbonyl (C=O) groups is 1. The number of hydrogen-bond acceptors (Lipinski definition) is 4. The monoisotopic (exact) mass is 401 g/mol. The van der Waals surface area contributed by atoms with Crippen LogP contribution >= 0.6 is 23.4 Å². The average molecular weight is 402 g/mol. The van der Waals surface area contributed by atoms with Crippen molar-refractivity contribution in [2.45, 2.75) is 16.2 Å². The van der Waals surface area contributed by atoms with Gasteiger partial charge in [-0.15, -0.1) is 11.8 Å². The lowest BCUT2D eigenvalue weighted by Crippen LogP contribution is -2.25. The molecule has 8 heteroatoms. The zero-order valence-electron chi connectivity index (χ0n) is 13.5. The summed E-state index contributed by atoms with van der Waals surface area (Å²) in [6.45, 7) is 0.423. The minimum atomic E-state index is -3.41. The SMILES string of the molecule is CS(=O)(=O)c1ccc(Cl)c(C(=O)NCCCSc2ccc(F)cc2)c1. The van der Waals surface area contributed by atoms with Crippen molar-refractivity contribution < 1.29 is 17.6 Å². The molecular formula is C17H17ClFNO3S2. The molecule has 25 heavy (non-hydrogen) atoms. The second-order valence-electron chi connectivity index (χ2n) is 5.33. The summed E-state index contributed by atoms with van der Waals surface area (Å²) in [7, 11) is -3.41. The normalized spacial score (nSPS) is 11.3. The summed E-state index contributed by atoms with van der Waals surface area (Å²) in [5, 5.41) is 2.92. The number of halogens is 2. The molecule has 0 saturated carbocycles. The Morgan fingerprint density at radius 1 is 1.20 bits per heavy atom. The molecule has 0 aliphatic carbocycles. The van der Waals surface area contributed by atoms with Gasteiger partial charge in [-0.1, -0.05) is 11.6 Å². The lowest BCUT2D eigenvalue weighted by molar-refractivity contribution is 0.0953. The van der Waals surface area contributed by atoms with Crippen molar-refractivity contribution in [3.63, 3.8) is 0 Å². The van der Waals surface area contributed by atoms with Gasteiger partial charge in [0.1, 0.15) is 5.82 Å². The van der Waals surface area contributed by atoms with E-state index in [1.807, 2.05) is 0 Å². The number of nitrogens with one attached hydrogen (secondary N) is 1. The highest BCUT2D eigenvalue weighted by atomic mass is 35.5. The van der Waals surface area contributed by atoms with E-state index in [0.29, 0.717) is 13.0 Å². The van der Waals surface area contributed by atoms with E-state index in [4.69, 9.17) is 11.6 Å². The van der Waals surface area contributed by atoms with Crippen LogP contribution in [0.2, 0.25) is 5.02 Å². The zero-order chi connectivity index (χ0) is 18.4. The predicted molar refractivity (Wildman–Crippen MR) is 98.6 cm³/mol. The minimum absolute atomic E-state index is 0.0499. The Kier molecular flexibility index (Phi) is 6.87. The third-order valence-corrected chi connectivity index (χ3v) is 5.84. The molecule has 1 amide bonds. The molecule has 0 aliphatic heterocycles. The first-order valence-corrected chi connectivity index (χ1v) is 10.7. The Hall–Kier alpha value is -1.57. The number of thioether (sulfide) groups is 1. The molecule has 0 fully saturated rings. The molecule has 0 radical (unpaired) electrons. The summed E-state index contributed by atoms with van der Waals surface area (Å²) in [6.07, 6.45) is 1.78. The van der Waals surface area contributed by atoms with Gasteiger partial charge in [-0.05, 0) is 54.6 Å². The van der Waals surface area contributed by atoms with E-state index in [1.54, 1.807) is 23.9 Å². The first-order chi connectivity index (χ1) is 11.8. The van der Waals surface area contributed by atoms with Crippen molar-refractivity contribution in [3.05, 3.63) is 58.9 Å². The minimum Gasteiger partial charge on any atom is -0.352 e. The molecule has 2 rings (SSSR count). The summed E-state index contributed by atoms with van der Waals surface area (Å²) < 4.78 is 36.0. The number of benzene rings is 2. The van der Waals surface area contributed by atoms with Gasteiger partial charge in [0.25, 0.3) is 5.91 Å². The third-order valence-electron chi connectivity index (χ3n) is 3.30. The maximum Gasteiger partial charge on any atom is 0.252 e. The van der Waals surface area contributed by atoms with Crippen LogP contribution in [0.25, 0.3) is 0 Å². The molecule has 0 bridgehead atoms. The van der Waals surface area contributed by atoms with Gasteiger partial charge in [-0.2, -0.15) is 0 Å². The van der Waals surface area contributed by atoms with Crippen LogP contribution in [0, 0.1) is 5.82 Å². The molecule has 0 saturated heterocycles. The van der Waals surface area contributed by atoms with Gasteiger partial charge in [0.05, 0.1) is 15.5 Å². The molecule has 0 heterocycles. The maximum atomic E-state index is 12.8. The molecule has 0 spiro atoms. The molecule has 0 aliphatic rings.